The lowest BCUT2D eigenvalue weighted by atomic mass is 9.86. The van der Waals surface area contributed by atoms with E-state index >= 15 is 0 Å². The zero-order valence-corrected chi connectivity index (χ0v) is 13.4. The Balaban J connectivity index is 1.58. The highest BCUT2D eigenvalue weighted by Crippen LogP contribution is 2.49. The summed E-state index contributed by atoms with van der Waals surface area (Å²) in [5.41, 5.74) is 0. The molecule has 0 heterocycles. The first kappa shape index (κ1) is 16.8. The Morgan fingerprint density at radius 3 is 2.50 bits per heavy atom. The third kappa shape index (κ3) is 5.00. The van der Waals surface area contributed by atoms with Gasteiger partial charge in [0, 0.05) is 12.5 Å². The predicted molar refractivity (Wildman–Crippen MR) is 80.8 cm³/mol. The van der Waals surface area contributed by atoms with Gasteiger partial charge in [0.2, 0.25) is 5.91 Å². The molecule has 2 saturated carbocycles. The third-order valence-corrected chi connectivity index (χ3v) is 4.57. The number of rotatable bonds is 7. The first-order valence-corrected chi connectivity index (χ1v) is 8.15. The summed E-state index contributed by atoms with van der Waals surface area (Å²) < 4.78 is 5.00. The third-order valence-electron chi connectivity index (χ3n) is 4.57. The van der Waals surface area contributed by atoms with Crippen LogP contribution in [0.15, 0.2) is 0 Å². The first-order chi connectivity index (χ1) is 10.4. The van der Waals surface area contributed by atoms with Gasteiger partial charge >= 0.3 is 5.97 Å². The summed E-state index contributed by atoms with van der Waals surface area (Å²) in [7, 11) is 0. The molecule has 0 aromatic heterocycles. The topological polar surface area (TPSA) is 84.5 Å². The molecule has 2 aliphatic carbocycles. The van der Waals surface area contributed by atoms with E-state index in [2.05, 4.69) is 10.6 Å². The number of hydrogen-bond acceptors (Lipinski definition) is 4. The molecule has 2 rings (SSSR count). The Hall–Kier alpha value is -1.59. The second-order valence-corrected chi connectivity index (χ2v) is 6.80. The van der Waals surface area contributed by atoms with Crippen LogP contribution in [0, 0.1) is 17.8 Å². The van der Waals surface area contributed by atoms with Crippen molar-refractivity contribution in [3.63, 3.8) is 0 Å². The van der Waals surface area contributed by atoms with Crippen molar-refractivity contribution in [2.75, 3.05) is 13.2 Å². The van der Waals surface area contributed by atoms with E-state index in [0.717, 1.165) is 12.3 Å². The highest BCUT2D eigenvalue weighted by Gasteiger charge is 2.40. The van der Waals surface area contributed by atoms with E-state index in [0.29, 0.717) is 18.3 Å². The van der Waals surface area contributed by atoms with Crippen molar-refractivity contribution in [2.45, 2.75) is 52.0 Å². The SMILES string of the molecule is CC(C)NC(=O)CNC(=O)COC(=O)C[C@@H]1C[C@@H]2CC[C@H]1C2. The van der Waals surface area contributed by atoms with Crippen LogP contribution >= 0.6 is 0 Å². The fourth-order valence-corrected chi connectivity index (χ4v) is 3.65. The number of amides is 2. The molecule has 0 radical (unpaired) electrons. The van der Waals surface area contributed by atoms with Crippen LogP contribution in [0.1, 0.15) is 46.0 Å². The van der Waals surface area contributed by atoms with Crippen molar-refractivity contribution < 1.29 is 19.1 Å². The van der Waals surface area contributed by atoms with E-state index in [-0.39, 0.29) is 31.1 Å². The number of ether oxygens (including phenoxy) is 1. The standard InChI is InChI=1S/C16H26N2O4/c1-10(2)18-14(19)8-17-15(20)9-22-16(21)7-13-6-11-3-4-12(13)5-11/h10-13H,3-9H2,1-2H3,(H,17,20)(H,18,19)/t11-,12+,13+/m1/s1. The summed E-state index contributed by atoms with van der Waals surface area (Å²) in [6, 6.07) is 0.0315. The molecule has 6 nitrogen and oxygen atoms in total. The number of carbonyl (C=O) groups is 3. The van der Waals surface area contributed by atoms with Crippen molar-refractivity contribution in [1.82, 2.24) is 10.6 Å². The number of carbonyl (C=O) groups excluding carboxylic acids is 3. The lowest BCUT2D eigenvalue weighted by Gasteiger charge is -2.20. The molecular weight excluding hydrogens is 284 g/mol. The molecule has 2 bridgehead atoms. The molecule has 0 spiro atoms. The highest BCUT2D eigenvalue weighted by molar-refractivity contribution is 5.86. The van der Waals surface area contributed by atoms with Gasteiger partial charge in [0.15, 0.2) is 6.61 Å². The number of fused-ring (bicyclic) bond motifs is 2. The molecule has 2 aliphatic rings. The second-order valence-electron chi connectivity index (χ2n) is 6.80. The quantitative estimate of drug-likeness (QED) is 0.687. The van der Waals surface area contributed by atoms with Crippen molar-refractivity contribution in [2.24, 2.45) is 17.8 Å². The van der Waals surface area contributed by atoms with Gasteiger partial charge in [0.25, 0.3) is 5.91 Å². The lowest BCUT2D eigenvalue weighted by molar-refractivity contribution is -0.149. The molecule has 2 N–H and O–H groups in total. The van der Waals surface area contributed by atoms with Crippen LogP contribution in [0.25, 0.3) is 0 Å². The van der Waals surface area contributed by atoms with Gasteiger partial charge in [0.1, 0.15) is 0 Å². The molecule has 0 aromatic carbocycles. The monoisotopic (exact) mass is 310 g/mol. The van der Waals surface area contributed by atoms with Gasteiger partial charge in [-0.15, -0.1) is 0 Å². The van der Waals surface area contributed by atoms with Crippen molar-refractivity contribution in [1.29, 1.82) is 0 Å². The zero-order valence-electron chi connectivity index (χ0n) is 13.4. The van der Waals surface area contributed by atoms with Gasteiger partial charge < -0.3 is 15.4 Å². The van der Waals surface area contributed by atoms with Gasteiger partial charge in [-0.1, -0.05) is 6.42 Å². The fraction of sp³-hybridized carbons (Fsp3) is 0.812. The molecule has 124 valence electrons. The fourth-order valence-electron chi connectivity index (χ4n) is 3.65. The van der Waals surface area contributed by atoms with Gasteiger partial charge in [-0.2, -0.15) is 0 Å². The normalized spacial score (nSPS) is 26.0. The van der Waals surface area contributed by atoms with Gasteiger partial charge in [0.05, 0.1) is 6.54 Å². The minimum atomic E-state index is -0.444. The maximum absolute atomic E-state index is 11.8. The summed E-state index contributed by atoms with van der Waals surface area (Å²) in [5, 5.41) is 5.10. The summed E-state index contributed by atoms with van der Waals surface area (Å²) in [6.07, 6.45) is 5.33. The van der Waals surface area contributed by atoms with Gasteiger partial charge in [-0.3, -0.25) is 14.4 Å². The Kier molecular flexibility index (Phi) is 5.80. The molecule has 2 fully saturated rings. The van der Waals surface area contributed by atoms with E-state index in [1.165, 1.54) is 19.3 Å². The summed E-state index contributed by atoms with van der Waals surface area (Å²) >= 11 is 0. The van der Waals surface area contributed by atoms with Crippen LogP contribution < -0.4 is 10.6 Å². The van der Waals surface area contributed by atoms with E-state index in [1.807, 2.05) is 13.8 Å². The summed E-state index contributed by atoms with van der Waals surface area (Å²) in [4.78, 5) is 34.7. The van der Waals surface area contributed by atoms with Crippen LogP contribution in [0.3, 0.4) is 0 Å². The molecule has 0 unspecified atom stereocenters. The predicted octanol–water partition coefficient (Wildman–Crippen LogP) is 0.997. The summed E-state index contributed by atoms with van der Waals surface area (Å²) in [6.45, 7) is 3.28. The smallest absolute Gasteiger partial charge is 0.306 e. The summed E-state index contributed by atoms with van der Waals surface area (Å²) in [5.74, 6) is 0.902. The zero-order chi connectivity index (χ0) is 16.1. The van der Waals surface area contributed by atoms with E-state index in [4.69, 9.17) is 4.74 Å². The van der Waals surface area contributed by atoms with Crippen LogP contribution in [0.5, 0.6) is 0 Å². The molecule has 0 aliphatic heterocycles. The Morgan fingerprint density at radius 1 is 1.14 bits per heavy atom. The molecule has 6 heteroatoms. The van der Waals surface area contributed by atoms with E-state index < -0.39 is 5.91 Å². The Bertz CT molecular complexity index is 436. The maximum atomic E-state index is 11.8. The van der Waals surface area contributed by atoms with E-state index in [1.54, 1.807) is 0 Å². The molecule has 0 aromatic rings. The molecule has 3 atom stereocenters. The number of esters is 1. The van der Waals surface area contributed by atoms with Crippen molar-refractivity contribution in [3.05, 3.63) is 0 Å². The van der Waals surface area contributed by atoms with Crippen LogP contribution in [0.2, 0.25) is 0 Å². The largest absolute Gasteiger partial charge is 0.456 e. The van der Waals surface area contributed by atoms with Gasteiger partial charge in [-0.05, 0) is 50.9 Å². The molecule has 22 heavy (non-hydrogen) atoms. The van der Waals surface area contributed by atoms with Crippen LogP contribution in [-0.4, -0.2) is 37.0 Å². The minimum Gasteiger partial charge on any atom is -0.456 e. The molecule has 0 saturated heterocycles. The molecule has 2 amide bonds. The first-order valence-electron chi connectivity index (χ1n) is 8.15. The number of hydrogen-bond donors (Lipinski definition) is 2. The lowest BCUT2D eigenvalue weighted by Crippen LogP contribution is -2.41. The average Bonchev–Trinajstić information content (AvgIpc) is 3.04. The second kappa shape index (κ2) is 7.61. The van der Waals surface area contributed by atoms with Crippen LogP contribution in [-0.2, 0) is 19.1 Å². The van der Waals surface area contributed by atoms with Crippen molar-refractivity contribution in [3.8, 4) is 0 Å². The number of nitrogens with one attached hydrogen (secondary N) is 2. The minimum absolute atomic E-state index is 0.0315. The highest BCUT2D eigenvalue weighted by atomic mass is 16.5. The van der Waals surface area contributed by atoms with Crippen LogP contribution in [0.4, 0.5) is 0 Å². The Morgan fingerprint density at radius 2 is 1.91 bits per heavy atom. The van der Waals surface area contributed by atoms with E-state index in [9.17, 15) is 14.4 Å². The Labute approximate surface area is 131 Å². The van der Waals surface area contributed by atoms with Crippen molar-refractivity contribution >= 4 is 17.8 Å². The maximum Gasteiger partial charge on any atom is 0.306 e. The molecular formula is C16H26N2O4. The van der Waals surface area contributed by atoms with Gasteiger partial charge in [-0.25, -0.2) is 0 Å². The average molecular weight is 310 g/mol.